The van der Waals surface area contributed by atoms with E-state index in [1.54, 1.807) is 6.92 Å². The first-order valence-corrected chi connectivity index (χ1v) is 19.7. The van der Waals surface area contributed by atoms with E-state index in [2.05, 4.69) is 108 Å². The molecule has 4 aromatic rings. The van der Waals surface area contributed by atoms with Crippen molar-refractivity contribution in [3.63, 3.8) is 0 Å². The maximum absolute atomic E-state index is 11.6. The highest BCUT2D eigenvalue weighted by Crippen LogP contribution is 2.29. The zero-order valence-electron chi connectivity index (χ0n) is 34.9. The average molecular weight is 817 g/mol. The largest absolute Gasteiger partial charge is 0.481 e. The van der Waals surface area contributed by atoms with Crippen LogP contribution in [0.15, 0.2) is 84.9 Å². The summed E-state index contributed by atoms with van der Waals surface area (Å²) in [6, 6.07) is 28.8. The smallest absolute Gasteiger partial charge is 0.311 e. The number of carboxylic acids is 3. The second kappa shape index (κ2) is 22.9. The van der Waals surface area contributed by atoms with E-state index in [0.29, 0.717) is 19.3 Å². The number of nitrogens with one attached hydrogen (secondary N) is 2. The molecule has 0 aliphatic heterocycles. The molecule has 0 spiro atoms. The summed E-state index contributed by atoms with van der Waals surface area (Å²) in [4.78, 5) is 43.5. The molecule has 0 heterocycles. The van der Waals surface area contributed by atoms with Crippen molar-refractivity contribution in [2.24, 2.45) is 10.8 Å². The third-order valence-corrected chi connectivity index (χ3v) is 10.5. The molecular formula is C46H61N2O9P. The molecule has 4 rings (SSSR count). The maximum Gasteiger partial charge on any atom is 0.311 e. The summed E-state index contributed by atoms with van der Waals surface area (Å²) in [5, 5.41) is 51.1. The highest BCUT2D eigenvalue weighted by Gasteiger charge is 2.36. The van der Waals surface area contributed by atoms with E-state index in [1.165, 1.54) is 52.8 Å². The SMILES string of the molecule is CC(=O)N[C@H](Cc1ccc(-c2cc(C)ccc2C)cc1)C[C@@](C)(CO)C(=O)O.CC(=O)O.Cc1ccc(C)c(-c2ccc(C[C@H](C[C@@](C)(CO)C(=O)O)NP)cc2)c1. The highest BCUT2D eigenvalue weighted by atomic mass is 31.0. The number of carboxylic acid groups (broad SMARTS) is 3. The van der Waals surface area contributed by atoms with Crippen molar-refractivity contribution in [3.8, 4) is 22.3 Å². The van der Waals surface area contributed by atoms with Gasteiger partial charge in [-0.2, -0.15) is 0 Å². The van der Waals surface area contributed by atoms with Gasteiger partial charge in [0.25, 0.3) is 5.97 Å². The molecule has 1 amide bonds. The monoisotopic (exact) mass is 816 g/mol. The number of amides is 1. The van der Waals surface area contributed by atoms with Crippen molar-refractivity contribution in [2.45, 2.75) is 93.2 Å². The standard InChI is InChI=1S/C23H29NO4.C21H28NO3P.C2H4O2/c1-15-5-6-16(2)21(11-15)19-9-7-18(8-10-19)12-20(24-17(3)26)13-23(4,14-25)22(27)28;1-14-4-5-15(2)19(10-14)17-8-6-16(7-9-17)11-18(22-26)12-21(3,13-23)20(24)25;1-2(3)4/h5-11,20,25H,12-14H2,1-4H3,(H,24,26)(H,27,28);4-10,18,22-23H,11-13,26H2,1-3H3,(H,24,25);1H3,(H,3,4)/t20-,23+;18-,21+;/m11./s1. The predicted molar refractivity (Wildman–Crippen MR) is 233 cm³/mol. The van der Waals surface area contributed by atoms with Gasteiger partial charge in [0.2, 0.25) is 5.91 Å². The Kier molecular flexibility index (Phi) is 19.4. The van der Waals surface area contributed by atoms with Gasteiger partial charge in [-0.05, 0) is 112 Å². The van der Waals surface area contributed by atoms with E-state index < -0.39 is 35.3 Å². The van der Waals surface area contributed by atoms with Gasteiger partial charge in [-0.25, -0.2) is 0 Å². The first-order chi connectivity index (χ1) is 27.2. The van der Waals surface area contributed by atoms with E-state index in [9.17, 15) is 34.8 Å². The number of aliphatic carboxylic acids is 3. The van der Waals surface area contributed by atoms with Gasteiger partial charge in [0.1, 0.15) is 0 Å². The number of rotatable bonds is 16. The lowest BCUT2D eigenvalue weighted by Crippen LogP contribution is -2.43. The van der Waals surface area contributed by atoms with E-state index in [0.717, 1.165) is 23.6 Å². The molecule has 5 atom stereocenters. The second-order valence-electron chi connectivity index (χ2n) is 15.7. The zero-order chi connectivity index (χ0) is 43.8. The lowest BCUT2D eigenvalue weighted by molar-refractivity contribution is -0.152. The van der Waals surface area contributed by atoms with Crippen LogP contribution in [0.5, 0.6) is 0 Å². The molecule has 0 aromatic heterocycles. The molecule has 0 fully saturated rings. The lowest BCUT2D eigenvalue weighted by Gasteiger charge is -2.28. The van der Waals surface area contributed by atoms with Crippen LogP contribution in [0.25, 0.3) is 22.3 Å². The second-order valence-corrected chi connectivity index (χ2v) is 16.0. The number of aliphatic hydroxyl groups excluding tert-OH is 2. The summed E-state index contributed by atoms with van der Waals surface area (Å²) in [6.45, 7) is 13.1. The average Bonchev–Trinajstić information content (AvgIpc) is 3.16. The molecule has 0 aliphatic carbocycles. The van der Waals surface area contributed by atoms with Gasteiger partial charge in [-0.1, -0.05) is 105 Å². The normalized spacial score (nSPS) is 13.8. The van der Waals surface area contributed by atoms with Crippen LogP contribution in [0.3, 0.4) is 0 Å². The van der Waals surface area contributed by atoms with E-state index in [-0.39, 0.29) is 31.0 Å². The van der Waals surface area contributed by atoms with Gasteiger partial charge in [0.15, 0.2) is 0 Å². The molecule has 0 saturated heterocycles. The summed E-state index contributed by atoms with van der Waals surface area (Å²) in [5.74, 6) is -3.10. The maximum atomic E-state index is 11.6. The number of hydrogen-bond donors (Lipinski definition) is 7. The summed E-state index contributed by atoms with van der Waals surface area (Å²) < 4.78 is 0. The van der Waals surface area contributed by atoms with Gasteiger partial charge >= 0.3 is 11.9 Å². The van der Waals surface area contributed by atoms with Crippen LogP contribution in [-0.4, -0.2) is 74.6 Å². The molecule has 0 aliphatic rings. The van der Waals surface area contributed by atoms with Crippen LogP contribution in [0.1, 0.15) is 73.9 Å². The molecule has 1 unspecified atom stereocenters. The van der Waals surface area contributed by atoms with Crippen LogP contribution < -0.4 is 10.4 Å². The van der Waals surface area contributed by atoms with Crippen LogP contribution >= 0.6 is 9.39 Å². The van der Waals surface area contributed by atoms with Crippen LogP contribution in [0.4, 0.5) is 0 Å². The molecule has 0 saturated carbocycles. The van der Waals surface area contributed by atoms with Gasteiger partial charge in [-0.3, -0.25) is 24.3 Å². The number of aliphatic hydroxyl groups is 2. The summed E-state index contributed by atoms with van der Waals surface area (Å²) in [7, 11) is 2.46. The predicted octanol–water partition coefficient (Wildman–Crippen LogP) is 7.32. The minimum Gasteiger partial charge on any atom is -0.481 e. The number of aryl methyl sites for hydroxylation is 4. The Bertz CT molecular complexity index is 1980. The number of benzene rings is 4. The lowest BCUT2D eigenvalue weighted by atomic mass is 9.82. The third kappa shape index (κ3) is 15.4. The molecule has 314 valence electrons. The van der Waals surface area contributed by atoms with Crippen molar-refractivity contribution < 1.29 is 44.7 Å². The molecule has 4 aromatic carbocycles. The van der Waals surface area contributed by atoms with E-state index in [1.807, 2.05) is 24.3 Å². The van der Waals surface area contributed by atoms with Crippen LogP contribution in [-0.2, 0) is 32.0 Å². The van der Waals surface area contributed by atoms with Crippen LogP contribution in [0.2, 0.25) is 0 Å². The van der Waals surface area contributed by atoms with Crippen molar-refractivity contribution in [1.82, 2.24) is 10.4 Å². The van der Waals surface area contributed by atoms with Gasteiger partial charge in [0, 0.05) is 25.9 Å². The van der Waals surface area contributed by atoms with Crippen molar-refractivity contribution in [3.05, 3.63) is 118 Å². The Hall–Kier alpha value is -4.93. The summed E-state index contributed by atoms with van der Waals surface area (Å²) >= 11 is 0. The summed E-state index contributed by atoms with van der Waals surface area (Å²) in [6.07, 6.45) is 1.69. The number of carbonyl (C=O) groups excluding carboxylic acids is 1. The fourth-order valence-electron chi connectivity index (χ4n) is 6.48. The molecule has 58 heavy (non-hydrogen) atoms. The molecule has 0 bridgehead atoms. The Balaban J connectivity index is 0.000000367. The number of hydrogen-bond acceptors (Lipinski definition) is 7. The van der Waals surface area contributed by atoms with Gasteiger partial charge in [-0.15, -0.1) is 0 Å². The Labute approximate surface area is 345 Å². The minimum absolute atomic E-state index is 0.0557. The third-order valence-electron chi connectivity index (χ3n) is 10.0. The first-order valence-electron chi connectivity index (χ1n) is 19.1. The summed E-state index contributed by atoms with van der Waals surface area (Å²) in [5.41, 5.74) is 9.28. The zero-order valence-corrected chi connectivity index (χ0v) is 36.1. The van der Waals surface area contributed by atoms with E-state index in [4.69, 9.17) is 9.90 Å². The number of carbonyl (C=O) groups is 4. The molecule has 7 N–H and O–H groups in total. The molecular weight excluding hydrogens is 755 g/mol. The Morgan fingerprint density at radius 3 is 1.26 bits per heavy atom. The first kappa shape index (κ1) is 49.2. The van der Waals surface area contributed by atoms with Crippen molar-refractivity contribution >= 4 is 33.2 Å². The fourth-order valence-corrected chi connectivity index (χ4v) is 6.72. The van der Waals surface area contributed by atoms with Crippen LogP contribution in [0, 0.1) is 38.5 Å². The van der Waals surface area contributed by atoms with Crippen molar-refractivity contribution in [2.75, 3.05) is 13.2 Å². The highest BCUT2D eigenvalue weighted by molar-refractivity contribution is 7.13. The quantitative estimate of drug-likeness (QED) is 0.0564. The van der Waals surface area contributed by atoms with Gasteiger partial charge in [0.05, 0.1) is 24.0 Å². The topological polar surface area (TPSA) is 193 Å². The molecule has 12 heteroatoms. The van der Waals surface area contributed by atoms with E-state index >= 15 is 0 Å². The van der Waals surface area contributed by atoms with Crippen molar-refractivity contribution in [1.29, 1.82) is 0 Å². The fraction of sp³-hybridized carbons (Fsp3) is 0.391. The molecule has 0 radical (unpaired) electrons. The Morgan fingerprint density at radius 2 is 0.948 bits per heavy atom. The van der Waals surface area contributed by atoms with Gasteiger partial charge < -0.3 is 30.8 Å². The Morgan fingerprint density at radius 1 is 0.603 bits per heavy atom. The minimum atomic E-state index is -1.30. The molecule has 11 nitrogen and oxygen atoms in total.